The predicted octanol–water partition coefficient (Wildman–Crippen LogP) is 1.00. The smallest absolute Gasteiger partial charge is 0.0484 e. The molecule has 0 radical (unpaired) electrons. The summed E-state index contributed by atoms with van der Waals surface area (Å²) >= 11 is 0. The van der Waals surface area contributed by atoms with E-state index < -0.39 is 10.8 Å². The maximum Gasteiger partial charge on any atom is 0.0484 e. The lowest BCUT2D eigenvalue weighted by molar-refractivity contribution is 0.682. The minimum atomic E-state index is -0.649. The van der Waals surface area contributed by atoms with Gasteiger partial charge in [-0.1, -0.05) is 0 Å². The summed E-state index contributed by atoms with van der Waals surface area (Å²) < 4.78 is 10.5. The molecule has 0 rings (SSSR count). The van der Waals surface area contributed by atoms with Crippen molar-refractivity contribution in [3.8, 4) is 0 Å². The summed E-state index contributed by atoms with van der Waals surface area (Å²) in [7, 11) is -0.649. The van der Waals surface area contributed by atoms with Crippen molar-refractivity contribution in [1.82, 2.24) is 0 Å². The van der Waals surface area contributed by atoms with Gasteiger partial charge in [-0.05, 0) is 25.3 Å². The molecule has 2 nitrogen and oxygen atoms in total. The van der Waals surface area contributed by atoms with Crippen molar-refractivity contribution in [3.05, 3.63) is 6.58 Å². The number of nitrogens with zero attached hydrogens (tertiary/aromatic N) is 1. The first kappa shape index (κ1) is 9.60. The van der Waals surface area contributed by atoms with Crippen molar-refractivity contribution in [3.63, 3.8) is 0 Å². The van der Waals surface area contributed by atoms with Crippen LogP contribution in [-0.2, 0) is 10.8 Å². The summed E-state index contributed by atoms with van der Waals surface area (Å²) in [5.74, 6) is 3.24. The molecule has 0 aliphatic carbocycles. The van der Waals surface area contributed by atoms with Crippen LogP contribution < -0.4 is 0 Å². The Labute approximate surface area is 64.5 Å². The zero-order chi connectivity index (χ0) is 7.82. The Morgan fingerprint density at radius 1 is 1.60 bits per heavy atom. The van der Waals surface area contributed by atoms with E-state index in [2.05, 4.69) is 17.4 Å². The van der Waals surface area contributed by atoms with Gasteiger partial charge in [-0.2, -0.15) is 0 Å². The Balaban J connectivity index is 3.05. The fourth-order valence-electron chi connectivity index (χ4n) is 0.575. The van der Waals surface area contributed by atoms with Gasteiger partial charge in [0.2, 0.25) is 0 Å². The second-order valence-corrected chi connectivity index (χ2v) is 3.58. The molecule has 0 amide bonds. The highest BCUT2D eigenvalue weighted by Gasteiger charge is 1.89. The molecular weight excluding hydrogens is 146 g/mol. The van der Waals surface area contributed by atoms with Crippen molar-refractivity contribution < 1.29 is 4.21 Å². The van der Waals surface area contributed by atoms with Gasteiger partial charge in [-0.15, -0.1) is 0 Å². The summed E-state index contributed by atoms with van der Waals surface area (Å²) in [4.78, 5) is 3.81. The van der Waals surface area contributed by atoms with E-state index in [1.165, 1.54) is 0 Å². The first-order chi connectivity index (χ1) is 4.77. The van der Waals surface area contributed by atoms with Gasteiger partial charge in [-0.3, -0.25) is 4.21 Å². The summed E-state index contributed by atoms with van der Waals surface area (Å²) in [6, 6.07) is 0. The normalized spacial score (nSPS) is 12.1. The van der Waals surface area contributed by atoms with Crippen LogP contribution in [-0.4, -0.2) is 28.6 Å². The monoisotopic (exact) mass is 159 g/mol. The first-order valence-corrected chi connectivity index (χ1v) is 4.98. The zero-order valence-corrected chi connectivity index (χ0v) is 7.12. The minimum Gasteiger partial charge on any atom is -0.260 e. The number of hydrogen-bond acceptors (Lipinski definition) is 2. The molecule has 0 saturated heterocycles. The first-order valence-electron chi connectivity index (χ1n) is 3.26. The van der Waals surface area contributed by atoms with Crippen LogP contribution in [0, 0.1) is 0 Å². The third-order valence-corrected chi connectivity index (χ3v) is 1.93. The number of rotatable bonds is 5. The van der Waals surface area contributed by atoms with Crippen LogP contribution in [0.1, 0.15) is 12.8 Å². The minimum absolute atomic E-state index is 0.649. The van der Waals surface area contributed by atoms with E-state index in [4.69, 9.17) is 0 Å². The molecule has 1 atom stereocenters. The van der Waals surface area contributed by atoms with Gasteiger partial charge in [0.1, 0.15) is 0 Å². The highest BCUT2D eigenvalue weighted by atomic mass is 32.2. The molecule has 0 aromatic carbocycles. The van der Waals surface area contributed by atoms with E-state index in [1.807, 2.05) is 0 Å². The average molecular weight is 159 g/mol. The summed E-state index contributed by atoms with van der Waals surface area (Å²) in [6.45, 7) is 4.11. The van der Waals surface area contributed by atoms with E-state index in [-0.39, 0.29) is 0 Å². The van der Waals surface area contributed by atoms with Gasteiger partial charge in [0.05, 0.1) is 0 Å². The van der Waals surface area contributed by atoms with Gasteiger partial charge in [0, 0.05) is 29.4 Å². The van der Waals surface area contributed by atoms with E-state index in [1.54, 1.807) is 6.26 Å². The largest absolute Gasteiger partial charge is 0.260 e. The second-order valence-electron chi connectivity index (χ2n) is 2.02. The van der Waals surface area contributed by atoms with Crippen LogP contribution in [0.25, 0.3) is 0 Å². The van der Waals surface area contributed by atoms with Gasteiger partial charge in [0.15, 0.2) is 0 Å². The highest BCUT2D eigenvalue weighted by Crippen LogP contribution is 1.90. The number of aliphatic imine (C=N–C) groups is 1. The number of unbranched alkanes of at least 4 members (excludes halogenated alkanes) is 1. The molecule has 0 aliphatic heterocycles. The van der Waals surface area contributed by atoms with Crippen LogP contribution in [0.4, 0.5) is 0 Å². The maximum absolute atomic E-state index is 10.5. The molecule has 0 aliphatic rings. The quantitative estimate of drug-likeness (QED) is 0.434. The third-order valence-electron chi connectivity index (χ3n) is 1.06. The molecule has 0 fully saturated rings. The van der Waals surface area contributed by atoms with E-state index in [9.17, 15) is 4.21 Å². The van der Waals surface area contributed by atoms with Gasteiger partial charge in [0.25, 0.3) is 0 Å². The molecular formula is C7H13NOS. The summed E-state index contributed by atoms with van der Waals surface area (Å²) in [5.41, 5.74) is 0. The van der Waals surface area contributed by atoms with Crippen LogP contribution in [0.2, 0.25) is 0 Å². The Hall–Kier alpha value is -0.400. The lowest BCUT2D eigenvalue weighted by Crippen LogP contribution is -1.94. The fourth-order valence-corrected chi connectivity index (χ4v) is 1.19. The van der Waals surface area contributed by atoms with Crippen molar-refractivity contribution in [1.29, 1.82) is 0 Å². The molecule has 0 aromatic heterocycles. The zero-order valence-electron chi connectivity index (χ0n) is 6.30. The standard InChI is InChI=1S/C7H13NOS/c1-3-8-6-4-5-7-10(2)9/h1,4-7H2,2H3/t10-/m1/s1. The second kappa shape index (κ2) is 6.72. The van der Waals surface area contributed by atoms with E-state index in [0.29, 0.717) is 0 Å². The van der Waals surface area contributed by atoms with Crippen molar-refractivity contribution in [2.24, 2.45) is 4.99 Å². The van der Waals surface area contributed by atoms with Crippen LogP contribution in [0.15, 0.2) is 11.6 Å². The molecule has 58 valence electrons. The Kier molecular flexibility index (Phi) is 6.45. The number of hydrogen-bond donors (Lipinski definition) is 0. The summed E-state index contributed by atoms with van der Waals surface area (Å²) in [6.07, 6.45) is 3.69. The SMILES string of the molecule is C=C=NCCCC[S@@](C)=O. The van der Waals surface area contributed by atoms with Gasteiger partial charge >= 0.3 is 0 Å². The molecule has 0 aromatic rings. The molecule has 0 bridgehead atoms. The molecule has 0 heterocycles. The van der Waals surface area contributed by atoms with Crippen molar-refractivity contribution in [2.45, 2.75) is 12.8 Å². The predicted molar refractivity (Wildman–Crippen MR) is 46.1 cm³/mol. The fraction of sp³-hybridized carbons (Fsp3) is 0.714. The van der Waals surface area contributed by atoms with Gasteiger partial charge < -0.3 is 0 Å². The van der Waals surface area contributed by atoms with Crippen LogP contribution >= 0.6 is 0 Å². The third kappa shape index (κ3) is 7.60. The molecule has 0 N–H and O–H groups in total. The summed E-state index contributed by atoms with van der Waals surface area (Å²) in [5, 5.41) is 0. The van der Waals surface area contributed by atoms with Crippen LogP contribution in [0.3, 0.4) is 0 Å². The average Bonchev–Trinajstić information content (AvgIpc) is 1.87. The van der Waals surface area contributed by atoms with E-state index in [0.717, 1.165) is 25.1 Å². The van der Waals surface area contributed by atoms with Crippen molar-refractivity contribution in [2.75, 3.05) is 18.6 Å². The maximum atomic E-state index is 10.5. The molecule has 10 heavy (non-hydrogen) atoms. The lowest BCUT2D eigenvalue weighted by atomic mass is 10.3. The van der Waals surface area contributed by atoms with Crippen molar-refractivity contribution >= 4 is 16.7 Å². The molecule has 0 spiro atoms. The van der Waals surface area contributed by atoms with Crippen LogP contribution in [0.5, 0.6) is 0 Å². The van der Waals surface area contributed by atoms with E-state index >= 15 is 0 Å². The Bertz CT molecular complexity index is 146. The molecule has 3 heteroatoms. The Morgan fingerprint density at radius 3 is 2.80 bits per heavy atom. The topological polar surface area (TPSA) is 29.4 Å². The molecule has 0 unspecified atom stereocenters. The lowest BCUT2D eigenvalue weighted by Gasteiger charge is -1.92. The molecule has 0 saturated carbocycles. The van der Waals surface area contributed by atoms with Gasteiger partial charge in [-0.25, -0.2) is 4.99 Å². The highest BCUT2D eigenvalue weighted by molar-refractivity contribution is 7.84. The Morgan fingerprint density at radius 2 is 2.30 bits per heavy atom.